The second kappa shape index (κ2) is 16.0. The number of pyridine rings is 1. The second-order valence-corrected chi connectivity index (χ2v) is 19.4. The lowest BCUT2D eigenvalue weighted by Gasteiger charge is -2.29. The molecule has 7 aromatic carbocycles. The van der Waals surface area contributed by atoms with Crippen LogP contribution in [-0.4, -0.2) is 16.2 Å². The summed E-state index contributed by atoms with van der Waals surface area (Å²) in [5.41, 5.74) is 12.9. The minimum atomic E-state index is -4.41. The monoisotopic (exact) mass is 876 g/mol. The Balaban J connectivity index is 1.03. The summed E-state index contributed by atoms with van der Waals surface area (Å²) in [4.78, 5) is 9.77. The van der Waals surface area contributed by atoms with Gasteiger partial charge in [0.05, 0.1) is 28.0 Å². The molecule has 1 aliphatic heterocycles. The van der Waals surface area contributed by atoms with Gasteiger partial charge in [0.1, 0.15) is 24.0 Å². The lowest BCUT2D eigenvalue weighted by molar-refractivity contribution is -0.137. The third kappa shape index (κ3) is 7.95. The molecule has 0 fully saturated rings. The summed E-state index contributed by atoms with van der Waals surface area (Å²) < 4.78 is 49.3. The van der Waals surface area contributed by atoms with Crippen LogP contribution in [0.5, 0.6) is 11.5 Å². The van der Waals surface area contributed by atoms with Gasteiger partial charge in [-0.25, -0.2) is 4.98 Å². The zero-order valence-electron chi connectivity index (χ0n) is 38.2. The lowest BCUT2D eigenvalue weighted by Crippen LogP contribution is -2.25. The van der Waals surface area contributed by atoms with E-state index in [1.54, 1.807) is 0 Å². The van der Waals surface area contributed by atoms with Gasteiger partial charge in [0.25, 0.3) is 0 Å². The molecule has 5 nitrogen and oxygen atoms in total. The van der Waals surface area contributed by atoms with Gasteiger partial charge in [-0.3, -0.25) is 4.57 Å². The van der Waals surface area contributed by atoms with Crippen LogP contribution in [0.1, 0.15) is 63.8 Å². The average molecular weight is 877 g/mol. The fourth-order valence-electron chi connectivity index (χ4n) is 9.07. The number of halogens is 3. The molecule has 0 spiro atoms. The van der Waals surface area contributed by atoms with E-state index in [-0.39, 0.29) is 10.8 Å². The van der Waals surface area contributed by atoms with Crippen molar-refractivity contribution in [3.05, 3.63) is 192 Å². The molecule has 10 rings (SSSR count). The van der Waals surface area contributed by atoms with Crippen molar-refractivity contribution in [2.75, 3.05) is 16.5 Å². The van der Waals surface area contributed by atoms with Crippen LogP contribution in [0.2, 0.25) is 0 Å². The van der Waals surface area contributed by atoms with Crippen molar-refractivity contribution < 1.29 is 17.9 Å². The second-order valence-electron chi connectivity index (χ2n) is 19.4. The van der Waals surface area contributed by atoms with Gasteiger partial charge in [-0.1, -0.05) is 114 Å². The minimum Gasteiger partial charge on any atom is -0.457 e. The number of nitrogens with zero attached hydrogens (tertiary/aromatic N) is 4. The zero-order chi connectivity index (χ0) is 46.1. The number of hydrogen-bond acceptors (Lipinski definition) is 4. The van der Waals surface area contributed by atoms with Crippen LogP contribution in [0.15, 0.2) is 170 Å². The standard InChI is InChI=1S/C58H51F3N4O/c1-37-28-55(62-35-50(37)39-14-9-8-10-15-39)65-51-27-22-40(38-20-23-41(24-21-38)58(59,60)61)29-49(51)48-26-25-47(34-54(48)65)66-46-17-13-16-44(33-46)63-36-64(53-19-12-11-18-52(53)63)45-31-42(56(2,3)4)30-43(32-45)57(5,6)7/h8-35H,36H2,1-7H3. The van der Waals surface area contributed by atoms with Crippen molar-refractivity contribution in [1.29, 1.82) is 0 Å². The molecular formula is C58H51F3N4O. The number of fused-ring (bicyclic) bond motifs is 4. The first-order chi connectivity index (χ1) is 31.5. The number of benzene rings is 7. The number of ether oxygens (including phenoxy) is 1. The van der Waals surface area contributed by atoms with Crippen LogP contribution in [0.4, 0.5) is 35.9 Å². The SMILES string of the molecule is Cc1cc(-n2c3ccc(-c4ccc(C(F)(F)F)cc4)cc3c3ccc(Oc4cccc(N5CN(c6cc(C(C)(C)C)cc(C(C)(C)C)c6)c6ccccc65)c4)cc32)ncc1-c1ccccc1. The van der Waals surface area contributed by atoms with Gasteiger partial charge < -0.3 is 14.5 Å². The number of anilines is 4. The van der Waals surface area contributed by atoms with Crippen LogP contribution in [-0.2, 0) is 17.0 Å². The van der Waals surface area contributed by atoms with E-state index in [4.69, 9.17) is 9.72 Å². The van der Waals surface area contributed by atoms with E-state index in [0.717, 1.165) is 79.1 Å². The number of aromatic nitrogens is 2. The molecule has 0 saturated carbocycles. The van der Waals surface area contributed by atoms with Gasteiger partial charge >= 0.3 is 6.18 Å². The van der Waals surface area contributed by atoms with Crippen LogP contribution in [0.3, 0.4) is 0 Å². The van der Waals surface area contributed by atoms with Crippen LogP contribution in [0.25, 0.3) is 49.9 Å². The summed E-state index contributed by atoms with van der Waals surface area (Å²) >= 11 is 0. The van der Waals surface area contributed by atoms with E-state index in [2.05, 4.69) is 142 Å². The fraction of sp³-hybridized carbons (Fsp3) is 0.190. The highest BCUT2D eigenvalue weighted by molar-refractivity contribution is 6.10. The Morgan fingerprint density at radius 2 is 1.14 bits per heavy atom. The van der Waals surface area contributed by atoms with E-state index >= 15 is 0 Å². The molecule has 330 valence electrons. The third-order valence-corrected chi connectivity index (χ3v) is 12.8. The van der Waals surface area contributed by atoms with Crippen molar-refractivity contribution in [2.45, 2.75) is 65.5 Å². The highest BCUT2D eigenvalue weighted by Gasteiger charge is 2.32. The van der Waals surface area contributed by atoms with Gasteiger partial charge in [-0.15, -0.1) is 0 Å². The van der Waals surface area contributed by atoms with E-state index in [0.29, 0.717) is 23.7 Å². The predicted molar refractivity (Wildman–Crippen MR) is 265 cm³/mol. The highest BCUT2D eigenvalue weighted by atomic mass is 19.4. The molecule has 0 atom stereocenters. The van der Waals surface area contributed by atoms with Gasteiger partial charge in [-0.2, -0.15) is 13.2 Å². The predicted octanol–water partition coefficient (Wildman–Crippen LogP) is 16.5. The molecule has 0 amide bonds. The summed E-state index contributed by atoms with van der Waals surface area (Å²) in [6, 6.07) is 53.6. The van der Waals surface area contributed by atoms with Crippen LogP contribution in [0, 0.1) is 6.92 Å². The Morgan fingerprint density at radius 3 is 1.79 bits per heavy atom. The quantitative estimate of drug-likeness (QED) is 0.160. The first kappa shape index (κ1) is 42.6. The maximum absolute atomic E-state index is 13.5. The molecule has 0 saturated heterocycles. The Hall–Kier alpha value is -7.32. The van der Waals surface area contributed by atoms with Crippen molar-refractivity contribution in [3.63, 3.8) is 0 Å². The number of aryl methyl sites for hydroxylation is 1. The Morgan fingerprint density at radius 1 is 0.500 bits per heavy atom. The van der Waals surface area contributed by atoms with Crippen molar-refractivity contribution >= 4 is 44.6 Å². The number of para-hydroxylation sites is 2. The normalized spacial score (nSPS) is 13.2. The molecule has 0 bridgehead atoms. The molecule has 0 radical (unpaired) electrons. The summed E-state index contributed by atoms with van der Waals surface area (Å²) in [6.07, 6.45) is -2.49. The van der Waals surface area contributed by atoms with Crippen molar-refractivity contribution in [1.82, 2.24) is 9.55 Å². The first-order valence-corrected chi connectivity index (χ1v) is 22.4. The number of rotatable bonds is 7. The summed E-state index contributed by atoms with van der Waals surface area (Å²) in [5.74, 6) is 2.09. The largest absolute Gasteiger partial charge is 0.457 e. The van der Waals surface area contributed by atoms with E-state index in [9.17, 15) is 13.2 Å². The lowest BCUT2D eigenvalue weighted by atomic mass is 9.80. The van der Waals surface area contributed by atoms with Crippen LogP contribution >= 0.6 is 0 Å². The molecule has 3 heterocycles. The molecule has 2 aromatic heterocycles. The van der Waals surface area contributed by atoms with Crippen LogP contribution < -0.4 is 14.5 Å². The van der Waals surface area contributed by atoms with Gasteiger partial charge in [0.15, 0.2) is 0 Å². The number of hydrogen-bond donors (Lipinski definition) is 0. The molecule has 9 aromatic rings. The van der Waals surface area contributed by atoms with Crippen molar-refractivity contribution in [3.8, 4) is 39.6 Å². The maximum atomic E-state index is 13.5. The first-order valence-electron chi connectivity index (χ1n) is 22.4. The molecule has 66 heavy (non-hydrogen) atoms. The topological polar surface area (TPSA) is 33.5 Å². The Kier molecular flexibility index (Phi) is 10.3. The molecular weight excluding hydrogens is 826 g/mol. The Labute approximate surface area is 384 Å². The maximum Gasteiger partial charge on any atom is 0.416 e. The van der Waals surface area contributed by atoms with Gasteiger partial charge in [-0.05, 0) is 130 Å². The van der Waals surface area contributed by atoms with E-state index in [1.807, 2.05) is 66.9 Å². The average Bonchev–Trinajstić information content (AvgIpc) is 3.84. The summed E-state index contributed by atoms with van der Waals surface area (Å²) in [5, 5.41) is 1.91. The molecule has 1 aliphatic rings. The minimum absolute atomic E-state index is 0.0151. The third-order valence-electron chi connectivity index (χ3n) is 12.8. The molecule has 0 N–H and O–H groups in total. The Bertz CT molecular complexity index is 3250. The summed E-state index contributed by atoms with van der Waals surface area (Å²) in [7, 11) is 0. The van der Waals surface area contributed by atoms with Gasteiger partial charge in [0.2, 0.25) is 0 Å². The van der Waals surface area contributed by atoms with E-state index in [1.165, 1.54) is 28.9 Å². The summed E-state index contributed by atoms with van der Waals surface area (Å²) in [6.45, 7) is 16.4. The van der Waals surface area contributed by atoms with E-state index < -0.39 is 11.7 Å². The van der Waals surface area contributed by atoms with Gasteiger partial charge in [0, 0.05) is 46.0 Å². The fourth-order valence-corrected chi connectivity index (χ4v) is 9.07. The highest BCUT2D eigenvalue weighted by Crippen LogP contribution is 2.47. The molecule has 8 heteroatoms. The smallest absolute Gasteiger partial charge is 0.416 e. The zero-order valence-corrected chi connectivity index (χ0v) is 38.2. The van der Waals surface area contributed by atoms with Crippen molar-refractivity contribution in [2.24, 2.45) is 0 Å². The molecule has 0 aliphatic carbocycles. The number of alkyl halides is 3. The molecule has 0 unspecified atom stereocenters.